The fourth-order valence-electron chi connectivity index (χ4n) is 3.37. The largest absolute Gasteiger partial charge is 0.495 e. The van der Waals surface area contributed by atoms with Crippen molar-refractivity contribution in [3.63, 3.8) is 0 Å². The highest BCUT2D eigenvalue weighted by atomic mass is 16.6. The van der Waals surface area contributed by atoms with Gasteiger partial charge in [0.05, 0.1) is 12.8 Å². The van der Waals surface area contributed by atoms with Gasteiger partial charge in [0.25, 0.3) is 5.91 Å². The van der Waals surface area contributed by atoms with Gasteiger partial charge in [-0.15, -0.1) is 0 Å². The summed E-state index contributed by atoms with van der Waals surface area (Å²) in [5.74, 6) is 1.79. The number of hydrogen-bond acceptors (Lipinski definition) is 5. The van der Waals surface area contributed by atoms with Crippen molar-refractivity contribution < 1.29 is 19.0 Å². The van der Waals surface area contributed by atoms with Crippen molar-refractivity contribution >= 4 is 17.3 Å². The minimum atomic E-state index is -0.612. The highest BCUT2D eigenvalue weighted by Crippen LogP contribution is 2.34. The monoisotopic (exact) mass is 404 g/mol. The van der Waals surface area contributed by atoms with E-state index in [2.05, 4.69) is 10.6 Å². The van der Waals surface area contributed by atoms with Crippen LogP contribution in [0.1, 0.15) is 17.2 Å². The van der Waals surface area contributed by atoms with Gasteiger partial charge >= 0.3 is 0 Å². The summed E-state index contributed by atoms with van der Waals surface area (Å²) in [6, 6.07) is 20.2. The van der Waals surface area contributed by atoms with Gasteiger partial charge in [-0.1, -0.05) is 36.4 Å². The summed E-state index contributed by atoms with van der Waals surface area (Å²) in [4.78, 5) is 13.3. The number of fused-ring (bicyclic) bond motifs is 1. The lowest BCUT2D eigenvalue weighted by Gasteiger charge is -2.23. The Morgan fingerprint density at radius 2 is 1.73 bits per heavy atom. The van der Waals surface area contributed by atoms with Gasteiger partial charge < -0.3 is 24.8 Å². The molecule has 3 aromatic carbocycles. The van der Waals surface area contributed by atoms with Crippen LogP contribution < -0.4 is 24.8 Å². The van der Waals surface area contributed by atoms with Crippen molar-refractivity contribution in [3.05, 3.63) is 77.9 Å². The van der Waals surface area contributed by atoms with Crippen LogP contribution in [-0.4, -0.2) is 26.2 Å². The molecule has 2 N–H and O–H groups in total. The molecule has 0 unspecified atom stereocenters. The van der Waals surface area contributed by atoms with Crippen molar-refractivity contribution in [2.24, 2.45) is 0 Å². The summed E-state index contributed by atoms with van der Waals surface area (Å²) < 4.78 is 16.7. The molecule has 1 amide bonds. The first kappa shape index (κ1) is 19.6. The van der Waals surface area contributed by atoms with Gasteiger partial charge in [0, 0.05) is 11.8 Å². The van der Waals surface area contributed by atoms with Gasteiger partial charge in [0.1, 0.15) is 25.0 Å². The van der Waals surface area contributed by atoms with Crippen LogP contribution in [0.5, 0.6) is 17.2 Å². The third kappa shape index (κ3) is 4.33. The Labute approximate surface area is 175 Å². The number of hydrogen-bond donors (Lipinski definition) is 2. The number of nitrogens with one attached hydrogen (secondary N) is 2. The van der Waals surface area contributed by atoms with E-state index in [4.69, 9.17) is 14.2 Å². The molecule has 1 aliphatic rings. The molecule has 1 heterocycles. The van der Waals surface area contributed by atoms with Gasteiger partial charge in [-0.3, -0.25) is 4.79 Å². The maximum Gasteiger partial charge on any atom is 0.251 e. The predicted octanol–water partition coefficient (Wildman–Crippen LogP) is 4.57. The molecule has 3 aromatic rings. The molecule has 0 aliphatic carbocycles. The maximum absolute atomic E-state index is 13.3. The van der Waals surface area contributed by atoms with Gasteiger partial charge in [-0.25, -0.2) is 0 Å². The summed E-state index contributed by atoms with van der Waals surface area (Å²) in [7, 11) is 1.59. The minimum Gasteiger partial charge on any atom is -0.495 e. The van der Waals surface area contributed by atoms with E-state index in [1.807, 2.05) is 73.7 Å². The molecule has 6 nitrogen and oxygen atoms in total. The molecule has 30 heavy (non-hydrogen) atoms. The van der Waals surface area contributed by atoms with E-state index in [9.17, 15) is 4.79 Å². The lowest BCUT2D eigenvalue weighted by molar-refractivity contribution is -0.117. The molecule has 154 valence electrons. The molecule has 1 aliphatic heterocycles. The van der Waals surface area contributed by atoms with Gasteiger partial charge in [0.15, 0.2) is 11.5 Å². The number of aryl methyl sites for hydroxylation is 1. The second-order valence-corrected chi connectivity index (χ2v) is 7.04. The first-order valence-electron chi connectivity index (χ1n) is 9.80. The molecule has 1 atom stereocenters. The Bertz CT molecular complexity index is 1040. The first-order chi connectivity index (χ1) is 14.6. The number of carbonyl (C=O) groups excluding carboxylic acids is 1. The third-order valence-corrected chi connectivity index (χ3v) is 4.86. The van der Waals surface area contributed by atoms with Gasteiger partial charge in [-0.2, -0.15) is 0 Å². The van der Waals surface area contributed by atoms with E-state index in [1.165, 1.54) is 0 Å². The zero-order valence-corrected chi connectivity index (χ0v) is 17.0. The predicted molar refractivity (Wildman–Crippen MR) is 117 cm³/mol. The normalized spacial score (nSPS) is 13.3. The lowest BCUT2D eigenvalue weighted by atomic mass is 10.0. The van der Waals surface area contributed by atoms with Gasteiger partial charge in [0.2, 0.25) is 0 Å². The smallest absolute Gasteiger partial charge is 0.251 e. The quantitative estimate of drug-likeness (QED) is 0.630. The Morgan fingerprint density at radius 3 is 2.50 bits per heavy atom. The fraction of sp³-hybridized carbons (Fsp3) is 0.208. The number of anilines is 2. The molecule has 6 heteroatoms. The Hall–Kier alpha value is -3.67. The second-order valence-electron chi connectivity index (χ2n) is 7.04. The summed E-state index contributed by atoms with van der Waals surface area (Å²) in [6.45, 7) is 3.01. The molecule has 0 saturated carbocycles. The van der Waals surface area contributed by atoms with Crippen molar-refractivity contribution in [3.8, 4) is 17.2 Å². The number of carbonyl (C=O) groups is 1. The first-order valence-corrected chi connectivity index (χ1v) is 9.80. The van der Waals surface area contributed by atoms with Crippen LogP contribution in [0.25, 0.3) is 0 Å². The van der Waals surface area contributed by atoms with E-state index in [0.717, 1.165) is 16.8 Å². The number of amides is 1. The molecule has 0 bridgehead atoms. The summed E-state index contributed by atoms with van der Waals surface area (Å²) in [5, 5.41) is 6.33. The molecule has 0 radical (unpaired) electrons. The molecule has 0 saturated heterocycles. The summed E-state index contributed by atoms with van der Waals surface area (Å²) in [5.41, 5.74) is 3.27. The van der Waals surface area contributed by atoms with E-state index in [0.29, 0.717) is 36.1 Å². The van der Waals surface area contributed by atoms with E-state index >= 15 is 0 Å². The number of rotatable bonds is 6. The van der Waals surface area contributed by atoms with Crippen LogP contribution in [0.3, 0.4) is 0 Å². The minimum absolute atomic E-state index is 0.194. The van der Waals surface area contributed by atoms with Crippen molar-refractivity contribution in [1.29, 1.82) is 0 Å². The van der Waals surface area contributed by atoms with Crippen molar-refractivity contribution in [2.45, 2.75) is 13.0 Å². The highest BCUT2D eigenvalue weighted by molar-refractivity contribution is 5.98. The average Bonchev–Trinajstić information content (AvgIpc) is 2.78. The summed E-state index contributed by atoms with van der Waals surface area (Å²) in [6.07, 6.45) is 0. The van der Waals surface area contributed by atoms with Gasteiger partial charge in [-0.05, 0) is 42.3 Å². The third-order valence-electron chi connectivity index (χ3n) is 4.86. The maximum atomic E-state index is 13.3. The van der Waals surface area contributed by atoms with E-state index in [1.54, 1.807) is 7.11 Å². The molecule has 0 aromatic heterocycles. The SMILES string of the molecule is COc1ccc(C)cc1NC(=O)[C@@H](Nc1ccc2c(c1)OCCO2)c1ccccc1. The van der Waals surface area contributed by atoms with Crippen LogP contribution in [-0.2, 0) is 4.79 Å². The van der Waals surface area contributed by atoms with E-state index in [-0.39, 0.29) is 5.91 Å². The lowest BCUT2D eigenvalue weighted by Crippen LogP contribution is -2.27. The van der Waals surface area contributed by atoms with Crippen LogP contribution in [0.4, 0.5) is 11.4 Å². The standard InChI is InChI=1S/C24H24N2O4/c1-16-8-10-20(28-2)19(14-16)26-24(27)23(17-6-4-3-5-7-17)25-18-9-11-21-22(15-18)30-13-12-29-21/h3-11,14-15,23,25H,12-13H2,1-2H3,(H,26,27)/t23-/m0/s1. The molecular formula is C24H24N2O4. The van der Waals surface area contributed by atoms with Crippen LogP contribution in [0, 0.1) is 6.92 Å². The van der Waals surface area contributed by atoms with Crippen LogP contribution in [0.15, 0.2) is 66.7 Å². The topological polar surface area (TPSA) is 68.8 Å². The fourth-order valence-corrected chi connectivity index (χ4v) is 3.37. The molecular weight excluding hydrogens is 380 g/mol. The zero-order chi connectivity index (χ0) is 20.9. The molecule has 0 fully saturated rings. The highest BCUT2D eigenvalue weighted by Gasteiger charge is 2.23. The Morgan fingerprint density at radius 1 is 0.967 bits per heavy atom. The zero-order valence-electron chi connectivity index (χ0n) is 17.0. The number of benzene rings is 3. The van der Waals surface area contributed by atoms with Crippen molar-refractivity contribution in [1.82, 2.24) is 0 Å². The van der Waals surface area contributed by atoms with Crippen molar-refractivity contribution in [2.75, 3.05) is 31.0 Å². The second kappa shape index (κ2) is 8.78. The molecule has 0 spiro atoms. The Balaban J connectivity index is 1.62. The average molecular weight is 404 g/mol. The van der Waals surface area contributed by atoms with Crippen LogP contribution in [0.2, 0.25) is 0 Å². The summed E-state index contributed by atoms with van der Waals surface area (Å²) >= 11 is 0. The Kier molecular flexibility index (Phi) is 5.75. The van der Waals surface area contributed by atoms with Crippen LogP contribution >= 0.6 is 0 Å². The molecule has 4 rings (SSSR count). The number of ether oxygens (including phenoxy) is 3. The van der Waals surface area contributed by atoms with E-state index < -0.39 is 6.04 Å². The number of methoxy groups -OCH3 is 1.